The molecule has 2 rings (SSSR count). The molecule has 1 aromatic rings. The van der Waals surface area contributed by atoms with E-state index in [2.05, 4.69) is 9.62 Å². The number of aliphatic hydroxyl groups is 1. The number of nitrogens with one attached hydrogen (secondary N) is 1. The number of benzene rings is 1. The molecule has 7 heteroatoms. The van der Waals surface area contributed by atoms with Crippen molar-refractivity contribution in [3.63, 3.8) is 0 Å². The standard InChI is InChI=1S/C15H23FN2O3S/c1-12-5-6-15(14(16)10-12)22(20,21)17-7-9-18-8-3-2-4-13(18)11-19/h5-6,10,13,17,19H,2-4,7-9,11H2,1H3/t13-/m0/s1. The molecule has 0 aromatic heterocycles. The number of nitrogens with zero attached hydrogens (tertiary/aromatic N) is 1. The van der Waals surface area contributed by atoms with E-state index in [9.17, 15) is 17.9 Å². The molecule has 0 saturated carbocycles. The van der Waals surface area contributed by atoms with Crippen molar-refractivity contribution in [2.75, 3.05) is 26.2 Å². The van der Waals surface area contributed by atoms with E-state index in [1.54, 1.807) is 13.0 Å². The zero-order valence-electron chi connectivity index (χ0n) is 12.8. The van der Waals surface area contributed by atoms with Crippen LogP contribution in [0.2, 0.25) is 0 Å². The molecule has 0 radical (unpaired) electrons. The minimum Gasteiger partial charge on any atom is -0.395 e. The van der Waals surface area contributed by atoms with E-state index in [-0.39, 0.29) is 24.1 Å². The predicted molar refractivity (Wildman–Crippen MR) is 82.6 cm³/mol. The summed E-state index contributed by atoms with van der Waals surface area (Å²) >= 11 is 0. The Kier molecular flexibility index (Phi) is 5.91. The van der Waals surface area contributed by atoms with E-state index in [0.29, 0.717) is 12.1 Å². The number of likely N-dealkylation sites (tertiary alicyclic amines) is 1. The lowest BCUT2D eigenvalue weighted by atomic mass is 10.0. The monoisotopic (exact) mass is 330 g/mol. The molecule has 2 N–H and O–H groups in total. The first-order valence-electron chi connectivity index (χ1n) is 7.55. The summed E-state index contributed by atoms with van der Waals surface area (Å²) in [6.07, 6.45) is 3.06. The second-order valence-corrected chi connectivity index (χ2v) is 7.44. The lowest BCUT2D eigenvalue weighted by Crippen LogP contribution is -2.45. The first kappa shape index (κ1) is 17.3. The fraction of sp³-hybridized carbons (Fsp3) is 0.600. The predicted octanol–water partition coefficient (Wildman–Crippen LogP) is 1.26. The van der Waals surface area contributed by atoms with E-state index in [1.807, 2.05) is 0 Å². The molecular formula is C15H23FN2O3S. The van der Waals surface area contributed by atoms with Gasteiger partial charge in [-0.1, -0.05) is 12.5 Å². The molecule has 1 aromatic carbocycles. The van der Waals surface area contributed by atoms with Crippen LogP contribution in [0.15, 0.2) is 23.1 Å². The fourth-order valence-corrected chi connectivity index (χ4v) is 3.86. The van der Waals surface area contributed by atoms with E-state index in [0.717, 1.165) is 25.8 Å². The highest BCUT2D eigenvalue weighted by Crippen LogP contribution is 2.17. The quantitative estimate of drug-likeness (QED) is 0.824. The van der Waals surface area contributed by atoms with Crippen molar-refractivity contribution >= 4 is 10.0 Å². The van der Waals surface area contributed by atoms with Crippen molar-refractivity contribution in [2.45, 2.75) is 37.1 Å². The highest BCUT2D eigenvalue weighted by Gasteiger charge is 2.23. The highest BCUT2D eigenvalue weighted by molar-refractivity contribution is 7.89. The largest absolute Gasteiger partial charge is 0.395 e. The molecule has 0 bridgehead atoms. The molecule has 124 valence electrons. The van der Waals surface area contributed by atoms with Crippen LogP contribution in [0.3, 0.4) is 0 Å². The lowest BCUT2D eigenvalue weighted by Gasteiger charge is -2.34. The molecule has 1 aliphatic rings. The van der Waals surface area contributed by atoms with Crippen LogP contribution in [0.25, 0.3) is 0 Å². The Bertz CT molecular complexity index is 607. The number of halogens is 1. The lowest BCUT2D eigenvalue weighted by molar-refractivity contribution is 0.0923. The number of rotatable bonds is 6. The van der Waals surface area contributed by atoms with Gasteiger partial charge in [-0.05, 0) is 44.0 Å². The third-order valence-corrected chi connectivity index (χ3v) is 5.52. The Labute approximate surface area is 131 Å². The molecule has 1 fully saturated rings. The molecular weight excluding hydrogens is 307 g/mol. The van der Waals surface area contributed by atoms with Gasteiger partial charge in [-0.15, -0.1) is 0 Å². The Morgan fingerprint density at radius 3 is 2.86 bits per heavy atom. The van der Waals surface area contributed by atoms with E-state index < -0.39 is 15.8 Å². The zero-order valence-corrected chi connectivity index (χ0v) is 13.6. The summed E-state index contributed by atoms with van der Waals surface area (Å²) in [5.74, 6) is -0.737. The molecule has 5 nitrogen and oxygen atoms in total. The van der Waals surface area contributed by atoms with Gasteiger partial charge in [0.15, 0.2) is 0 Å². The van der Waals surface area contributed by atoms with Crippen LogP contribution in [0, 0.1) is 12.7 Å². The number of aliphatic hydroxyl groups excluding tert-OH is 1. The molecule has 0 unspecified atom stereocenters. The second-order valence-electron chi connectivity index (χ2n) is 5.70. The maximum Gasteiger partial charge on any atom is 0.243 e. The summed E-state index contributed by atoms with van der Waals surface area (Å²) in [5.41, 5.74) is 0.676. The van der Waals surface area contributed by atoms with Crippen molar-refractivity contribution in [1.82, 2.24) is 9.62 Å². The van der Waals surface area contributed by atoms with Gasteiger partial charge in [0.2, 0.25) is 10.0 Å². The summed E-state index contributed by atoms with van der Waals surface area (Å²) in [7, 11) is -3.85. The average Bonchev–Trinajstić information content (AvgIpc) is 2.47. The molecule has 0 aliphatic carbocycles. The Morgan fingerprint density at radius 2 is 2.18 bits per heavy atom. The van der Waals surface area contributed by atoms with Crippen LogP contribution in [0.5, 0.6) is 0 Å². The summed E-state index contributed by atoms with van der Waals surface area (Å²) in [6.45, 7) is 3.35. The molecule has 1 saturated heterocycles. The van der Waals surface area contributed by atoms with Gasteiger partial charge in [0, 0.05) is 19.1 Å². The van der Waals surface area contributed by atoms with Crippen LogP contribution in [0.1, 0.15) is 24.8 Å². The summed E-state index contributed by atoms with van der Waals surface area (Å²) < 4.78 is 40.5. The topological polar surface area (TPSA) is 69.6 Å². The van der Waals surface area contributed by atoms with Crippen LogP contribution in [-0.2, 0) is 10.0 Å². The smallest absolute Gasteiger partial charge is 0.243 e. The van der Waals surface area contributed by atoms with Gasteiger partial charge < -0.3 is 5.11 Å². The van der Waals surface area contributed by atoms with Gasteiger partial charge in [0.1, 0.15) is 10.7 Å². The van der Waals surface area contributed by atoms with Crippen LogP contribution in [0.4, 0.5) is 4.39 Å². The van der Waals surface area contributed by atoms with Gasteiger partial charge in [-0.3, -0.25) is 4.90 Å². The zero-order chi connectivity index (χ0) is 16.2. The third kappa shape index (κ3) is 4.25. The van der Waals surface area contributed by atoms with E-state index in [1.165, 1.54) is 12.1 Å². The molecule has 1 heterocycles. The van der Waals surface area contributed by atoms with Crippen molar-refractivity contribution in [2.24, 2.45) is 0 Å². The minimum atomic E-state index is -3.85. The molecule has 22 heavy (non-hydrogen) atoms. The molecule has 1 aliphatic heterocycles. The van der Waals surface area contributed by atoms with Gasteiger partial charge >= 0.3 is 0 Å². The molecule has 1 atom stereocenters. The summed E-state index contributed by atoms with van der Waals surface area (Å²) in [6, 6.07) is 4.16. The summed E-state index contributed by atoms with van der Waals surface area (Å²) in [5, 5.41) is 9.33. The normalized spacial score (nSPS) is 20.2. The van der Waals surface area contributed by atoms with Gasteiger partial charge in [0.05, 0.1) is 6.61 Å². The Balaban J connectivity index is 1.95. The third-order valence-electron chi connectivity index (χ3n) is 4.03. The fourth-order valence-electron chi connectivity index (χ4n) is 2.79. The van der Waals surface area contributed by atoms with Crippen LogP contribution >= 0.6 is 0 Å². The highest BCUT2D eigenvalue weighted by atomic mass is 32.2. The second kappa shape index (κ2) is 7.50. The number of hydrogen-bond acceptors (Lipinski definition) is 4. The molecule has 0 spiro atoms. The average molecular weight is 330 g/mol. The minimum absolute atomic E-state index is 0.0827. The Morgan fingerprint density at radius 1 is 1.41 bits per heavy atom. The maximum atomic E-state index is 13.8. The number of hydrogen-bond donors (Lipinski definition) is 2. The molecule has 0 amide bonds. The van der Waals surface area contributed by atoms with Crippen molar-refractivity contribution < 1.29 is 17.9 Å². The van der Waals surface area contributed by atoms with Gasteiger partial charge in [-0.2, -0.15) is 0 Å². The van der Waals surface area contributed by atoms with Crippen molar-refractivity contribution in [3.05, 3.63) is 29.6 Å². The van der Waals surface area contributed by atoms with Gasteiger partial charge in [0.25, 0.3) is 0 Å². The van der Waals surface area contributed by atoms with Crippen LogP contribution < -0.4 is 4.72 Å². The van der Waals surface area contributed by atoms with Crippen LogP contribution in [-0.4, -0.2) is 50.7 Å². The maximum absolute atomic E-state index is 13.8. The number of aryl methyl sites for hydroxylation is 1. The number of piperidine rings is 1. The van der Waals surface area contributed by atoms with Gasteiger partial charge in [-0.25, -0.2) is 17.5 Å². The van der Waals surface area contributed by atoms with Crippen molar-refractivity contribution in [1.29, 1.82) is 0 Å². The first-order valence-corrected chi connectivity index (χ1v) is 9.03. The number of sulfonamides is 1. The SMILES string of the molecule is Cc1ccc(S(=O)(=O)NCCN2CCCC[C@H]2CO)c(F)c1. The summed E-state index contributed by atoms with van der Waals surface area (Å²) in [4.78, 5) is 1.76. The van der Waals surface area contributed by atoms with E-state index in [4.69, 9.17) is 0 Å². The van der Waals surface area contributed by atoms with E-state index >= 15 is 0 Å². The Hall–Kier alpha value is -1.02. The first-order chi connectivity index (χ1) is 10.4. The van der Waals surface area contributed by atoms with Crippen molar-refractivity contribution in [3.8, 4) is 0 Å².